The zero-order valence-electron chi connectivity index (χ0n) is 13.7. The fourth-order valence-corrected chi connectivity index (χ4v) is 3.07. The second-order valence-corrected chi connectivity index (χ2v) is 6.20. The van der Waals surface area contributed by atoms with Crippen LogP contribution in [0.15, 0.2) is 46.6 Å². The third-order valence-corrected chi connectivity index (χ3v) is 4.25. The highest BCUT2D eigenvalue weighted by Gasteiger charge is 2.36. The van der Waals surface area contributed by atoms with Crippen LogP contribution < -0.4 is 10.1 Å². The van der Waals surface area contributed by atoms with E-state index in [1.807, 2.05) is 18.2 Å². The summed E-state index contributed by atoms with van der Waals surface area (Å²) < 4.78 is 13.1. The molecule has 1 N–H and O–H groups in total. The maximum atomic E-state index is 12.7. The molecule has 2 heterocycles. The number of fused-ring (bicyclic) bond motifs is 1. The Hall–Kier alpha value is -2.68. The maximum absolute atomic E-state index is 12.7. The molecular weight excluding hydrogens is 390 g/mol. The van der Waals surface area contributed by atoms with Crippen LogP contribution in [0.1, 0.15) is 18.5 Å². The first-order chi connectivity index (χ1) is 12.1. The highest BCUT2D eigenvalue weighted by atomic mass is 79.9. The molecule has 0 saturated heterocycles. The van der Waals surface area contributed by atoms with Gasteiger partial charge in [-0.2, -0.15) is 4.68 Å². The van der Waals surface area contributed by atoms with E-state index < -0.39 is 12.0 Å². The molecule has 3 rings (SSSR count). The van der Waals surface area contributed by atoms with Crippen LogP contribution in [0.25, 0.3) is 0 Å². The van der Waals surface area contributed by atoms with Crippen LogP contribution in [-0.4, -0.2) is 39.9 Å². The highest BCUT2D eigenvalue weighted by molar-refractivity contribution is 9.10. The number of aromatic nitrogens is 4. The van der Waals surface area contributed by atoms with Crippen molar-refractivity contribution in [3.05, 3.63) is 52.2 Å². The Labute approximate surface area is 152 Å². The fraction of sp³-hybridized carbons (Fsp3) is 0.250. The van der Waals surface area contributed by atoms with Gasteiger partial charge in [-0.05, 0) is 35.5 Å². The number of nitrogens with zero attached hydrogens (tertiary/aromatic N) is 4. The molecule has 2 aromatic rings. The largest absolute Gasteiger partial charge is 0.496 e. The Morgan fingerprint density at radius 1 is 1.52 bits per heavy atom. The highest BCUT2D eigenvalue weighted by Crippen LogP contribution is 2.39. The molecule has 0 saturated carbocycles. The number of carbonyl (C=O) groups is 1. The Balaban J connectivity index is 2.18. The quantitative estimate of drug-likeness (QED) is 0.603. The smallest absolute Gasteiger partial charge is 0.338 e. The van der Waals surface area contributed by atoms with E-state index in [-0.39, 0.29) is 6.61 Å². The van der Waals surface area contributed by atoms with Gasteiger partial charge < -0.3 is 14.8 Å². The molecule has 0 spiro atoms. The minimum atomic E-state index is -0.587. The van der Waals surface area contributed by atoms with Crippen molar-refractivity contribution in [1.29, 1.82) is 0 Å². The number of benzene rings is 1. The first-order valence-corrected chi connectivity index (χ1v) is 8.23. The van der Waals surface area contributed by atoms with Crippen LogP contribution in [0.3, 0.4) is 0 Å². The number of allylic oxidation sites excluding steroid dienone is 1. The van der Waals surface area contributed by atoms with Gasteiger partial charge in [0.15, 0.2) is 0 Å². The number of hydrogen-bond donors (Lipinski definition) is 1. The molecule has 130 valence electrons. The van der Waals surface area contributed by atoms with E-state index >= 15 is 0 Å². The summed E-state index contributed by atoms with van der Waals surface area (Å²) in [6.07, 6.45) is 1.52. The number of ether oxygens (including phenoxy) is 2. The Morgan fingerprint density at radius 2 is 2.32 bits per heavy atom. The topological polar surface area (TPSA) is 91.2 Å². The molecule has 1 aromatic carbocycles. The van der Waals surface area contributed by atoms with Crippen LogP contribution >= 0.6 is 15.9 Å². The molecule has 9 heteroatoms. The fourth-order valence-electron chi connectivity index (χ4n) is 2.70. The monoisotopic (exact) mass is 405 g/mol. The summed E-state index contributed by atoms with van der Waals surface area (Å²) in [4.78, 5) is 12.7. The second kappa shape index (κ2) is 7.06. The van der Waals surface area contributed by atoms with Crippen molar-refractivity contribution < 1.29 is 14.3 Å². The summed E-state index contributed by atoms with van der Waals surface area (Å²) in [5.41, 5.74) is 1.75. The summed E-state index contributed by atoms with van der Waals surface area (Å²) in [6, 6.07) is 4.95. The molecule has 1 aliphatic heterocycles. The van der Waals surface area contributed by atoms with E-state index in [0.29, 0.717) is 23.0 Å². The van der Waals surface area contributed by atoms with Crippen LogP contribution in [0.2, 0.25) is 0 Å². The Bertz CT molecular complexity index is 861. The number of tetrazole rings is 1. The van der Waals surface area contributed by atoms with Gasteiger partial charge in [-0.25, -0.2) is 4.79 Å². The predicted octanol–water partition coefficient (Wildman–Crippen LogP) is 2.46. The first-order valence-electron chi connectivity index (χ1n) is 7.44. The third-order valence-electron chi connectivity index (χ3n) is 3.75. The lowest BCUT2D eigenvalue weighted by molar-refractivity contribution is -0.138. The van der Waals surface area contributed by atoms with E-state index in [2.05, 4.69) is 43.4 Å². The maximum Gasteiger partial charge on any atom is 0.338 e. The summed E-state index contributed by atoms with van der Waals surface area (Å²) in [5.74, 6) is 0.571. The van der Waals surface area contributed by atoms with E-state index in [4.69, 9.17) is 9.47 Å². The first kappa shape index (κ1) is 17.2. The van der Waals surface area contributed by atoms with Gasteiger partial charge in [0.2, 0.25) is 5.95 Å². The van der Waals surface area contributed by atoms with Gasteiger partial charge in [-0.1, -0.05) is 33.7 Å². The van der Waals surface area contributed by atoms with Crippen LogP contribution in [0, 0.1) is 0 Å². The van der Waals surface area contributed by atoms with E-state index in [0.717, 1.165) is 10.0 Å². The van der Waals surface area contributed by atoms with Crippen molar-refractivity contribution in [2.75, 3.05) is 19.0 Å². The average molecular weight is 406 g/mol. The number of nitrogens with one attached hydrogen (secondary N) is 1. The molecule has 25 heavy (non-hydrogen) atoms. The SMILES string of the molecule is C=CCOC(=O)C1=C(C)Nc2nnnn2C1c1cc(Br)ccc1OC. The lowest BCUT2D eigenvalue weighted by atomic mass is 9.95. The van der Waals surface area contributed by atoms with Gasteiger partial charge in [0.05, 0.1) is 12.7 Å². The Kier molecular flexibility index (Phi) is 4.84. The number of carbonyl (C=O) groups excluding carboxylic acids is 1. The molecule has 1 aliphatic rings. The lowest BCUT2D eigenvalue weighted by Crippen LogP contribution is -2.30. The van der Waals surface area contributed by atoms with Gasteiger partial charge in [-0.3, -0.25) is 0 Å². The van der Waals surface area contributed by atoms with Gasteiger partial charge in [0, 0.05) is 15.7 Å². The lowest BCUT2D eigenvalue weighted by Gasteiger charge is -2.28. The molecular formula is C16H16BrN5O3. The molecule has 1 unspecified atom stereocenters. The molecule has 8 nitrogen and oxygen atoms in total. The third kappa shape index (κ3) is 3.14. The van der Waals surface area contributed by atoms with Crippen LogP contribution in [0.5, 0.6) is 5.75 Å². The van der Waals surface area contributed by atoms with Crippen molar-refractivity contribution in [2.24, 2.45) is 0 Å². The van der Waals surface area contributed by atoms with E-state index in [1.54, 1.807) is 14.0 Å². The molecule has 1 aromatic heterocycles. The molecule has 0 fully saturated rings. The normalized spacial score (nSPS) is 16.0. The van der Waals surface area contributed by atoms with Gasteiger partial charge in [0.25, 0.3) is 0 Å². The van der Waals surface area contributed by atoms with Gasteiger partial charge in [-0.15, -0.1) is 0 Å². The number of methoxy groups -OCH3 is 1. The number of esters is 1. The minimum Gasteiger partial charge on any atom is -0.496 e. The summed E-state index contributed by atoms with van der Waals surface area (Å²) in [5, 5.41) is 14.7. The standard InChI is InChI=1S/C16H16BrN5O3/c1-4-7-25-15(23)13-9(2)18-16-19-20-21-22(16)14(13)11-8-10(17)5-6-12(11)24-3/h4-6,8,14H,1,7H2,2-3H3,(H,18,19,21). The second-order valence-electron chi connectivity index (χ2n) is 5.29. The molecule has 0 amide bonds. The Morgan fingerprint density at radius 3 is 3.04 bits per heavy atom. The van der Waals surface area contributed by atoms with Crippen molar-refractivity contribution in [3.63, 3.8) is 0 Å². The summed E-state index contributed by atoms with van der Waals surface area (Å²) >= 11 is 3.46. The van der Waals surface area contributed by atoms with Crippen LogP contribution in [0.4, 0.5) is 5.95 Å². The van der Waals surface area contributed by atoms with Crippen molar-refractivity contribution in [1.82, 2.24) is 20.2 Å². The van der Waals surface area contributed by atoms with E-state index in [1.165, 1.54) is 10.8 Å². The molecule has 0 bridgehead atoms. The summed E-state index contributed by atoms with van der Waals surface area (Å²) in [6.45, 7) is 5.46. The number of hydrogen-bond acceptors (Lipinski definition) is 7. The zero-order chi connectivity index (χ0) is 18.0. The minimum absolute atomic E-state index is 0.112. The predicted molar refractivity (Wildman–Crippen MR) is 94.1 cm³/mol. The van der Waals surface area contributed by atoms with Crippen molar-refractivity contribution in [3.8, 4) is 5.75 Å². The average Bonchev–Trinajstić information content (AvgIpc) is 3.06. The van der Waals surface area contributed by atoms with Gasteiger partial charge in [0.1, 0.15) is 18.4 Å². The molecule has 0 aliphatic carbocycles. The summed E-state index contributed by atoms with van der Waals surface area (Å²) in [7, 11) is 1.57. The van der Waals surface area contributed by atoms with Crippen molar-refractivity contribution in [2.45, 2.75) is 13.0 Å². The zero-order valence-corrected chi connectivity index (χ0v) is 15.3. The van der Waals surface area contributed by atoms with Crippen molar-refractivity contribution >= 4 is 27.8 Å². The van der Waals surface area contributed by atoms with Gasteiger partial charge >= 0.3 is 5.97 Å². The molecule has 0 radical (unpaired) electrons. The molecule has 1 atom stereocenters. The van der Waals surface area contributed by atoms with E-state index in [9.17, 15) is 4.79 Å². The van der Waals surface area contributed by atoms with Crippen LogP contribution in [-0.2, 0) is 9.53 Å². The number of halogens is 1. The number of anilines is 1. The number of rotatable bonds is 5.